The zero-order valence-electron chi connectivity index (χ0n) is 33.5. The van der Waals surface area contributed by atoms with E-state index in [4.69, 9.17) is 4.74 Å². The zero-order chi connectivity index (χ0) is 43.1. The molecule has 4 aliphatic rings. The number of hydrogen-bond acceptors (Lipinski definition) is 11. The first-order chi connectivity index (χ1) is 28.5. The second-order valence-electron chi connectivity index (χ2n) is 17.0. The standard InChI is InChI=1S/C43H46N8O8S/c1-5-29-20-43(29,40(55)49-60(57,58)32-17-18-32)48-37(52)34-19-30(24-50(34)39(54)36(42(2,3)4)47-41(56)59-31-7-6-8-31)51-38(53)35(28-15-11-26(22-45)12-16-28)33(23-46-51)27-13-9-25(21-44)10-14-27/h5,9-16,23,29-32,34,36H,1,6-8,17-20,24H2,2-4H3,(H,47,56)(H,48,52)(H,49,55)/t29-,30-,34+,36-,43-/m1/s1. The van der Waals surface area contributed by atoms with Crippen molar-refractivity contribution in [1.82, 2.24) is 30.0 Å². The molecule has 1 aromatic heterocycles. The number of carbonyl (C=O) groups excluding carboxylic acids is 4. The molecule has 3 N–H and O–H groups in total. The Kier molecular flexibility index (Phi) is 11.2. The molecule has 16 nitrogen and oxygen atoms in total. The maximum Gasteiger partial charge on any atom is 0.408 e. The number of alkyl carbamates (subject to hydrolysis) is 1. The predicted octanol–water partition coefficient (Wildman–Crippen LogP) is 3.83. The number of nitriles is 2. The Balaban J connectivity index is 1.27. The van der Waals surface area contributed by atoms with Crippen LogP contribution in [0.5, 0.6) is 0 Å². The molecule has 3 aliphatic carbocycles. The summed E-state index contributed by atoms with van der Waals surface area (Å²) in [6, 6.07) is 13.8. The van der Waals surface area contributed by atoms with Crippen LogP contribution < -0.4 is 20.9 Å². The van der Waals surface area contributed by atoms with Crippen LogP contribution in [0.3, 0.4) is 0 Å². The van der Waals surface area contributed by atoms with E-state index in [1.165, 1.54) is 21.9 Å². The number of benzene rings is 2. The van der Waals surface area contributed by atoms with Crippen LogP contribution in [0, 0.1) is 34.0 Å². The van der Waals surface area contributed by atoms with Crippen LogP contribution in [0.1, 0.15) is 82.9 Å². The number of likely N-dealkylation sites (tertiary alicyclic amines) is 1. The zero-order valence-corrected chi connectivity index (χ0v) is 34.3. The van der Waals surface area contributed by atoms with Gasteiger partial charge in [0, 0.05) is 24.4 Å². The fraction of sp³-hybridized carbons (Fsp3) is 0.442. The predicted molar refractivity (Wildman–Crippen MR) is 218 cm³/mol. The van der Waals surface area contributed by atoms with Gasteiger partial charge >= 0.3 is 6.09 Å². The average Bonchev–Trinajstić information content (AvgIpc) is 4.14. The number of ether oxygens (including phenoxy) is 1. The van der Waals surface area contributed by atoms with Gasteiger partial charge < -0.3 is 20.3 Å². The Morgan fingerprint density at radius 3 is 2.12 bits per heavy atom. The van der Waals surface area contributed by atoms with E-state index < -0.39 is 79.6 Å². The van der Waals surface area contributed by atoms with Crippen LogP contribution in [-0.2, 0) is 29.1 Å². The largest absolute Gasteiger partial charge is 0.446 e. The van der Waals surface area contributed by atoms with Gasteiger partial charge in [-0.3, -0.25) is 23.9 Å². The normalized spacial score (nSPS) is 22.9. The lowest BCUT2D eigenvalue weighted by Crippen LogP contribution is -2.60. The maximum absolute atomic E-state index is 14.8. The van der Waals surface area contributed by atoms with Crippen molar-refractivity contribution >= 4 is 33.8 Å². The molecule has 2 aromatic carbocycles. The lowest BCUT2D eigenvalue weighted by molar-refractivity contribution is -0.142. The average molecular weight is 835 g/mol. The van der Waals surface area contributed by atoms with Crippen LogP contribution in [0.2, 0.25) is 0 Å². The topological polar surface area (TPSA) is 233 Å². The monoisotopic (exact) mass is 834 g/mol. The van der Waals surface area contributed by atoms with Crippen LogP contribution in [0.25, 0.3) is 22.3 Å². The second-order valence-corrected chi connectivity index (χ2v) is 19.0. The van der Waals surface area contributed by atoms with Crippen molar-refractivity contribution < 1.29 is 32.3 Å². The molecule has 17 heteroatoms. The summed E-state index contributed by atoms with van der Waals surface area (Å²) in [5, 5.41) is 28.2. The fourth-order valence-electron chi connectivity index (χ4n) is 7.77. The first-order valence-corrected chi connectivity index (χ1v) is 21.5. The number of carbonyl (C=O) groups is 4. The molecule has 0 bridgehead atoms. The Morgan fingerprint density at radius 1 is 0.983 bits per heavy atom. The summed E-state index contributed by atoms with van der Waals surface area (Å²) in [7, 11) is -3.97. The number of rotatable bonds is 12. The summed E-state index contributed by atoms with van der Waals surface area (Å²) < 4.78 is 34.5. The van der Waals surface area contributed by atoms with Crippen LogP contribution in [0.15, 0.2) is 72.2 Å². The minimum Gasteiger partial charge on any atom is -0.446 e. The Labute approximate surface area is 347 Å². The van der Waals surface area contributed by atoms with Gasteiger partial charge in [0.2, 0.25) is 21.8 Å². The Morgan fingerprint density at radius 2 is 1.60 bits per heavy atom. The molecule has 0 unspecified atom stereocenters. The fourth-order valence-corrected chi connectivity index (χ4v) is 9.13. The van der Waals surface area contributed by atoms with E-state index >= 15 is 0 Å². The minimum atomic E-state index is -3.97. The van der Waals surface area contributed by atoms with E-state index in [0.29, 0.717) is 53.5 Å². The van der Waals surface area contributed by atoms with E-state index in [-0.39, 0.29) is 31.1 Å². The molecule has 2 heterocycles. The molecule has 3 aromatic rings. The summed E-state index contributed by atoms with van der Waals surface area (Å²) in [5.41, 5.74) is -0.611. The van der Waals surface area contributed by atoms with Crippen LogP contribution >= 0.6 is 0 Å². The third-order valence-corrected chi connectivity index (χ3v) is 13.6. The molecule has 60 heavy (non-hydrogen) atoms. The molecule has 3 saturated carbocycles. The number of amides is 4. The highest BCUT2D eigenvalue weighted by Crippen LogP contribution is 2.46. The first-order valence-electron chi connectivity index (χ1n) is 19.9. The summed E-state index contributed by atoms with van der Waals surface area (Å²) in [6.07, 6.45) is 4.98. The minimum absolute atomic E-state index is 0.0727. The van der Waals surface area contributed by atoms with Gasteiger partial charge in [0.15, 0.2) is 0 Å². The molecule has 1 aliphatic heterocycles. The van der Waals surface area contributed by atoms with Crippen molar-refractivity contribution in [2.24, 2.45) is 11.3 Å². The van der Waals surface area contributed by atoms with Gasteiger partial charge in [-0.05, 0) is 79.3 Å². The molecular weight excluding hydrogens is 789 g/mol. The van der Waals surface area contributed by atoms with E-state index in [1.54, 1.807) is 69.3 Å². The highest BCUT2D eigenvalue weighted by atomic mass is 32.2. The van der Waals surface area contributed by atoms with E-state index in [9.17, 15) is 42.9 Å². The van der Waals surface area contributed by atoms with Gasteiger partial charge in [0.1, 0.15) is 23.7 Å². The Bertz CT molecular complexity index is 2490. The molecule has 4 fully saturated rings. The van der Waals surface area contributed by atoms with Crippen molar-refractivity contribution in [2.45, 2.75) is 101 Å². The third-order valence-electron chi connectivity index (χ3n) is 11.8. The first kappa shape index (κ1) is 41.8. The quantitative estimate of drug-likeness (QED) is 0.222. The van der Waals surface area contributed by atoms with Gasteiger partial charge in [-0.15, -0.1) is 6.58 Å². The van der Waals surface area contributed by atoms with Crippen LogP contribution in [-0.4, -0.2) is 82.4 Å². The molecule has 312 valence electrons. The number of hydrogen-bond donors (Lipinski definition) is 3. The number of nitrogens with zero attached hydrogens (tertiary/aromatic N) is 5. The Hall–Kier alpha value is -6.33. The van der Waals surface area contributed by atoms with Crippen molar-refractivity contribution in [1.29, 1.82) is 10.5 Å². The number of nitrogens with one attached hydrogen (secondary N) is 3. The summed E-state index contributed by atoms with van der Waals surface area (Å²) in [5.74, 6) is -2.92. The van der Waals surface area contributed by atoms with E-state index in [0.717, 1.165) is 6.42 Å². The van der Waals surface area contributed by atoms with Gasteiger partial charge in [-0.1, -0.05) is 51.1 Å². The summed E-state index contributed by atoms with van der Waals surface area (Å²) in [6.45, 7) is 8.80. The number of sulfonamides is 1. The SMILES string of the molecule is C=C[C@@H]1C[C@]1(NC(=O)[C@@H]1C[C@@H](n2ncc(-c3ccc(C#N)cc3)c(-c3ccc(C#N)cc3)c2=O)CN1C(=O)[C@@H](NC(=O)OC1CCC1)C(C)(C)C)C(=O)NS(=O)(=O)C1CC1. The summed E-state index contributed by atoms with van der Waals surface area (Å²) >= 11 is 0. The molecule has 1 saturated heterocycles. The van der Waals surface area contributed by atoms with Crippen LogP contribution in [0.4, 0.5) is 4.79 Å². The van der Waals surface area contributed by atoms with E-state index in [2.05, 4.69) is 39.2 Å². The van der Waals surface area contributed by atoms with E-state index in [1.807, 2.05) is 0 Å². The molecule has 4 amide bonds. The van der Waals surface area contributed by atoms with Crippen molar-refractivity contribution in [3.63, 3.8) is 0 Å². The number of aromatic nitrogens is 2. The molecule has 7 rings (SSSR count). The van der Waals surface area contributed by atoms with Gasteiger partial charge in [0.05, 0.1) is 46.3 Å². The highest BCUT2D eigenvalue weighted by Gasteiger charge is 2.62. The molecule has 5 atom stereocenters. The van der Waals surface area contributed by atoms with Gasteiger partial charge in [-0.25, -0.2) is 17.9 Å². The van der Waals surface area contributed by atoms with Crippen molar-refractivity contribution in [2.75, 3.05) is 6.54 Å². The smallest absolute Gasteiger partial charge is 0.408 e. The third kappa shape index (κ3) is 8.27. The molecule has 0 radical (unpaired) electrons. The van der Waals surface area contributed by atoms with Gasteiger partial charge in [-0.2, -0.15) is 15.6 Å². The second kappa shape index (κ2) is 16.0. The lowest BCUT2D eigenvalue weighted by atomic mass is 9.85. The van der Waals surface area contributed by atoms with Crippen molar-refractivity contribution in [3.05, 3.63) is 88.9 Å². The summed E-state index contributed by atoms with van der Waals surface area (Å²) in [4.78, 5) is 72.0. The highest BCUT2D eigenvalue weighted by molar-refractivity contribution is 7.91. The van der Waals surface area contributed by atoms with Crippen molar-refractivity contribution in [3.8, 4) is 34.4 Å². The molecular formula is C43H46N8O8S. The van der Waals surface area contributed by atoms with Gasteiger partial charge in [0.25, 0.3) is 11.5 Å². The maximum atomic E-state index is 14.8. The lowest BCUT2D eigenvalue weighted by Gasteiger charge is -2.36. The molecule has 0 spiro atoms.